The molecule has 3 N–H and O–H groups in total. The van der Waals surface area contributed by atoms with E-state index in [1.165, 1.54) is 19.3 Å². The normalized spacial score (nSPS) is 29.3. The Morgan fingerprint density at radius 3 is 2.73 bits per heavy atom. The van der Waals surface area contributed by atoms with Gasteiger partial charge < -0.3 is 16.0 Å². The Hall–Kier alpha value is -0.610. The van der Waals surface area contributed by atoms with Crippen LogP contribution in [0, 0.1) is 5.92 Å². The number of rotatable bonds is 5. The van der Waals surface area contributed by atoms with E-state index in [1.807, 2.05) is 0 Å². The van der Waals surface area contributed by atoms with Gasteiger partial charge in [-0.3, -0.25) is 4.79 Å². The van der Waals surface area contributed by atoms with Gasteiger partial charge in [-0.2, -0.15) is 0 Å². The predicted molar refractivity (Wildman–Crippen MR) is 59.4 cm³/mol. The molecule has 0 bridgehead atoms. The van der Waals surface area contributed by atoms with Crippen LogP contribution < -0.4 is 11.1 Å². The Morgan fingerprint density at radius 1 is 1.53 bits per heavy atom. The largest absolute Gasteiger partial charge is 0.368 e. The van der Waals surface area contributed by atoms with Crippen molar-refractivity contribution in [3.8, 4) is 0 Å². The fourth-order valence-electron chi connectivity index (χ4n) is 2.21. The average molecular weight is 211 g/mol. The molecule has 1 saturated carbocycles. The molecule has 4 nitrogen and oxygen atoms in total. The topological polar surface area (TPSA) is 58.4 Å². The van der Waals surface area contributed by atoms with Crippen molar-refractivity contribution in [2.24, 2.45) is 11.7 Å². The van der Waals surface area contributed by atoms with Gasteiger partial charge in [0, 0.05) is 19.1 Å². The molecule has 86 valence electrons. The zero-order valence-electron chi connectivity index (χ0n) is 9.41. The van der Waals surface area contributed by atoms with Crippen LogP contribution in [0.2, 0.25) is 0 Å². The van der Waals surface area contributed by atoms with E-state index in [4.69, 9.17) is 5.73 Å². The second-order valence-electron chi connectivity index (χ2n) is 5.05. The third kappa shape index (κ3) is 3.18. The summed E-state index contributed by atoms with van der Waals surface area (Å²) in [6, 6.07) is 0.394. The molecule has 15 heavy (non-hydrogen) atoms. The fourth-order valence-corrected chi connectivity index (χ4v) is 2.21. The molecule has 0 radical (unpaired) electrons. The van der Waals surface area contributed by atoms with Crippen molar-refractivity contribution in [3.63, 3.8) is 0 Å². The van der Waals surface area contributed by atoms with E-state index in [0.29, 0.717) is 6.04 Å². The van der Waals surface area contributed by atoms with Gasteiger partial charge in [0.25, 0.3) is 0 Å². The van der Waals surface area contributed by atoms with Gasteiger partial charge in [-0.25, -0.2) is 0 Å². The molecule has 1 aliphatic carbocycles. The zero-order chi connectivity index (χ0) is 10.8. The van der Waals surface area contributed by atoms with Crippen molar-refractivity contribution >= 4 is 5.91 Å². The lowest BCUT2D eigenvalue weighted by molar-refractivity contribution is -0.120. The molecule has 1 heterocycles. The molecular weight excluding hydrogens is 190 g/mol. The van der Waals surface area contributed by atoms with Gasteiger partial charge >= 0.3 is 0 Å². The fraction of sp³-hybridized carbons (Fsp3) is 0.909. The molecule has 2 aliphatic rings. The van der Waals surface area contributed by atoms with Gasteiger partial charge in [-0.05, 0) is 31.7 Å². The van der Waals surface area contributed by atoms with E-state index in [0.717, 1.165) is 25.6 Å². The van der Waals surface area contributed by atoms with Crippen molar-refractivity contribution in [3.05, 3.63) is 0 Å². The van der Waals surface area contributed by atoms with E-state index >= 15 is 0 Å². The maximum absolute atomic E-state index is 11.3. The standard InChI is InChI=1S/C11H21N3O/c1-8-4-5-14(6-8)7-10(11(12)15)13-9-2-3-9/h8-10,13H,2-7H2,1H3,(H2,12,15). The van der Waals surface area contributed by atoms with Crippen LogP contribution in [-0.2, 0) is 4.79 Å². The summed E-state index contributed by atoms with van der Waals surface area (Å²) in [6.07, 6.45) is 3.63. The highest BCUT2D eigenvalue weighted by atomic mass is 16.1. The molecular formula is C11H21N3O. The second-order valence-corrected chi connectivity index (χ2v) is 5.05. The van der Waals surface area contributed by atoms with E-state index in [-0.39, 0.29) is 11.9 Å². The number of hydrogen-bond donors (Lipinski definition) is 2. The number of carbonyl (C=O) groups excluding carboxylic acids is 1. The number of nitrogens with zero attached hydrogens (tertiary/aromatic N) is 1. The summed E-state index contributed by atoms with van der Waals surface area (Å²) in [6.45, 7) is 5.26. The Kier molecular flexibility index (Phi) is 3.26. The smallest absolute Gasteiger partial charge is 0.235 e. The molecule has 0 aromatic rings. The number of nitrogens with two attached hydrogens (primary N) is 1. The van der Waals surface area contributed by atoms with Gasteiger partial charge in [0.15, 0.2) is 0 Å². The maximum atomic E-state index is 11.3. The maximum Gasteiger partial charge on any atom is 0.235 e. The summed E-state index contributed by atoms with van der Waals surface area (Å²) in [5.74, 6) is 0.556. The first-order valence-corrected chi connectivity index (χ1v) is 5.93. The minimum atomic E-state index is -0.207. The van der Waals surface area contributed by atoms with Crippen molar-refractivity contribution in [2.45, 2.75) is 38.3 Å². The lowest BCUT2D eigenvalue weighted by Crippen LogP contribution is -2.49. The lowest BCUT2D eigenvalue weighted by Gasteiger charge is -2.22. The number of hydrogen-bond acceptors (Lipinski definition) is 3. The van der Waals surface area contributed by atoms with Crippen molar-refractivity contribution < 1.29 is 4.79 Å². The van der Waals surface area contributed by atoms with Crippen molar-refractivity contribution in [2.75, 3.05) is 19.6 Å². The molecule has 2 unspecified atom stereocenters. The summed E-state index contributed by atoms with van der Waals surface area (Å²) in [4.78, 5) is 13.6. The number of carbonyl (C=O) groups is 1. The number of nitrogens with one attached hydrogen (secondary N) is 1. The third-order valence-corrected chi connectivity index (χ3v) is 3.31. The minimum absolute atomic E-state index is 0.150. The van der Waals surface area contributed by atoms with Crippen molar-refractivity contribution in [1.29, 1.82) is 0 Å². The summed E-state index contributed by atoms with van der Waals surface area (Å²) in [5.41, 5.74) is 5.40. The molecule has 0 spiro atoms. The highest BCUT2D eigenvalue weighted by molar-refractivity contribution is 5.80. The third-order valence-electron chi connectivity index (χ3n) is 3.31. The molecule has 0 aromatic heterocycles. The SMILES string of the molecule is CC1CCN(CC(NC2CC2)C(N)=O)C1. The molecule has 1 saturated heterocycles. The zero-order valence-corrected chi connectivity index (χ0v) is 9.41. The van der Waals surface area contributed by atoms with Gasteiger partial charge in [-0.1, -0.05) is 6.92 Å². The van der Waals surface area contributed by atoms with E-state index in [1.54, 1.807) is 0 Å². The molecule has 2 fully saturated rings. The Morgan fingerprint density at radius 2 is 2.27 bits per heavy atom. The Labute approximate surface area is 91.2 Å². The average Bonchev–Trinajstić information content (AvgIpc) is 2.89. The van der Waals surface area contributed by atoms with Gasteiger partial charge in [-0.15, -0.1) is 0 Å². The van der Waals surface area contributed by atoms with Crippen molar-refractivity contribution in [1.82, 2.24) is 10.2 Å². The Bertz CT molecular complexity index is 240. The Balaban J connectivity index is 1.79. The second kappa shape index (κ2) is 4.49. The lowest BCUT2D eigenvalue weighted by atomic mass is 10.2. The monoisotopic (exact) mass is 211 g/mol. The number of primary amides is 1. The molecule has 1 amide bonds. The number of likely N-dealkylation sites (tertiary alicyclic amines) is 1. The van der Waals surface area contributed by atoms with Crippen LogP contribution in [0.5, 0.6) is 0 Å². The van der Waals surface area contributed by atoms with E-state index in [2.05, 4.69) is 17.1 Å². The summed E-state index contributed by atoms with van der Waals surface area (Å²) < 4.78 is 0. The summed E-state index contributed by atoms with van der Waals surface area (Å²) in [5, 5.41) is 3.32. The van der Waals surface area contributed by atoms with Crippen LogP contribution in [0.3, 0.4) is 0 Å². The van der Waals surface area contributed by atoms with Crippen LogP contribution in [0.1, 0.15) is 26.2 Å². The summed E-state index contributed by atoms with van der Waals surface area (Å²) >= 11 is 0. The highest BCUT2D eigenvalue weighted by Crippen LogP contribution is 2.20. The molecule has 4 heteroatoms. The first-order chi connectivity index (χ1) is 7.15. The van der Waals surface area contributed by atoms with E-state index in [9.17, 15) is 4.79 Å². The number of amides is 1. The quantitative estimate of drug-likeness (QED) is 0.669. The first-order valence-electron chi connectivity index (χ1n) is 5.93. The van der Waals surface area contributed by atoms with Gasteiger partial charge in [0.2, 0.25) is 5.91 Å². The van der Waals surface area contributed by atoms with Crippen LogP contribution in [0.25, 0.3) is 0 Å². The van der Waals surface area contributed by atoms with Gasteiger partial charge in [0.1, 0.15) is 0 Å². The van der Waals surface area contributed by atoms with Gasteiger partial charge in [0.05, 0.1) is 6.04 Å². The van der Waals surface area contributed by atoms with Crippen LogP contribution >= 0.6 is 0 Å². The van der Waals surface area contributed by atoms with Crippen LogP contribution in [-0.4, -0.2) is 42.5 Å². The molecule has 2 atom stereocenters. The predicted octanol–water partition coefficient (Wildman–Crippen LogP) is -0.0659. The van der Waals surface area contributed by atoms with E-state index < -0.39 is 0 Å². The molecule has 1 aliphatic heterocycles. The highest BCUT2D eigenvalue weighted by Gasteiger charge is 2.29. The van der Waals surface area contributed by atoms with Crippen LogP contribution in [0.4, 0.5) is 0 Å². The molecule has 0 aromatic carbocycles. The first kappa shape index (κ1) is 10.9. The van der Waals surface area contributed by atoms with Crippen LogP contribution in [0.15, 0.2) is 0 Å². The minimum Gasteiger partial charge on any atom is -0.368 e. The summed E-state index contributed by atoms with van der Waals surface area (Å²) in [7, 11) is 0. The molecule has 2 rings (SSSR count).